The number of rotatable bonds is 4. The Morgan fingerprint density at radius 3 is 2.73 bits per heavy atom. The Balaban J connectivity index is 1.76. The van der Waals surface area contributed by atoms with E-state index in [2.05, 4.69) is 19.2 Å². The molecule has 1 aliphatic carbocycles. The van der Waals surface area contributed by atoms with Gasteiger partial charge in [-0.15, -0.1) is 0 Å². The van der Waals surface area contributed by atoms with Gasteiger partial charge in [0.25, 0.3) is 0 Å². The lowest BCUT2D eigenvalue weighted by Crippen LogP contribution is -2.24. The van der Waals surface area contributed by atoms with Gasteiger partial charge in [-0.3, -0.25) is 0 Å². The van der Waals surface area contributed by atoms with Crippen molar-refractivity contribution in [3.05, 3.63) is 0 Å². The van der Waals surface area contributed by atoms with Crippen molar-refractivity contribution >= 4 is 9.84 Å². The number of hydrogen-bond acceptors (Lipinski definition) is 3. The van der Waals surface area contributed by atoms with Gasteiger partial charge in [0.1, 0.15) is 0 Å². The molecule has 88 valence electrons. The normalized spacial score (nSPS) is 37.7. The van der Waals surface area contributed by atoms with Crippen molar-refractivity contribution in [3.63, 3.8) is 0 Å². The van der Waals surface area contributed by atoms with Gasteiger partial charge in [-0.1, -0.05) is 13.8 Å². The fourth-order valence-electron chi connectivity index (χ4n) is 2.69. The maximum Gasteiger partial charge on any atom is 0.150 e. The second kappa shape index (κ2) is 3.74. The molecule has 1 aliphatic heterocycles. The minimum atomic E-state index is -2.69. The van der Waals surface area contributed by atoms with Crippen LogP contribution >= 0.6 is 0 Å². The summed E-state index contributed by atoms with van der Waals surface area (Å²) < 4.78 is 22.8. The molecular formula is C11H21NO2S. The fraction of sp³-hybridized carbons (Fsp3) is 1.00. The van der Waals surface area contributed by atoms with Crippen LogP contribution in [0.25, 0.3) is 0 Å². The first kappa shape index (κ1) is 11.4. The van der Waals surface area contributed by atoms with Crippen molar-refractivity contribution in [2.75, 3.05) is 24.6 Å². The smallest absolute Gasteiger partial charge is 0.150 e. The average Bonchev–Trinajstić information content (AvgIpc) is 2.64. The molecule has 1 saturated heterocycles. The molecule has 2 unspecified atom stereocenters. The molecule has 1 N–H and O–H groups in total. The van der Waals surface area contributed by atoms with E-state index in [-0.39, 0.29) is 5.41 Å². The molecule has 2 atom stereocenters. The number of nitrogens with one attached hydrogen (secondary N) is 1. The first-order valence-electron chi connectivity index (χ1n) is 5.85. The molecule has 1 saturated carbocycles. The third-order valence-electron chi connectivity index (χ3n) is 3.72. The van der Waals surface area contributed by atoms with Crippen molar-refractivity contribution in [2.24, 2.45) is 17.3 Å². The van der Waals surface area contributed by atoms with Crippen LogP contribution in [-0.4, -0.2) is 33.0 Å². The van der Waals surface area contributed by atoms with E-state index in [1.165, 1.54) is 0 Å². The zero-order chi connectivity index (χ0) is 11.1. The Bertz CT molecular complexity index is 336. The highest BCUT2D eigenvalue weighted by molar-refractivity contribution is 7.91. The zero-order valence-electron chi connectivity index (χ0n) is 9.62. The van der Waals surface area contributed by atoms with Gasteiger partial charge in [0.05, 0.1) is 11.5 Å². The lowest BCUT2D eigenvalue weighted by Gasteiger charge is -2.09. The molecule has 3 nitrogen and oxygen atoms in total. The molecule has 0 amide bonds. The number of sulfone groups is 1. The largest absolute Gasteiger partial charge is 0.316 e. The molecule has 0 radical (unpaired) electrons. The van der Waals surface area contributed by atoms with Crippen molar-refractivity contribution < 1.29 is 8.42 Å². The van der Waals surface area contributed by atoms with Gasteiger partial charge < -0.3 is 5.32 Å². The third-order valence-corrected chi connectivity index (χ3v) is 5.56. The van der Waals surface area contributed by atoms with Crippen molar-refractivity contribution in [1.29, 1.82) is 0 Å². The van der Waals surface area contributed by atoms with Crippen LogP contribution in [0.5, 0.6) is 0 Å². The topological polar surface area (TPSA) is 46.2 Å². The monoisotopic (exact) mass is 231 g/mol. The van der Waals surface area contributed by atoms with E-state index in [1.807, 2.05) is 0 Å². The predicted octanol–water partition coefficient (Wildman–Crippen LogP) is 1.06. The lowest BCUT2D eigenvalue weighted by atomic mass is 10.0. The highest BCUT2D eigenvalue weighted by Crippen LogP contribution is 2.58. The van der Waals surface area contributed by atoms with Crippen LogP contribution in [0, 0.1) is 17.3 Å². The number of hydrogen-bond donors (Lipinski definition) is 1. The second-order valence-electron chi connectivity index (χ2n) is 5.66. The molecule has 1 spiro atoms. The molecule has 0 bridgehead atoms. The van der Waals surface area contributed by atoms with E-state index in [0.29, 0.717) is 23.3 Å². The minimum Gasteiger partial charge on any atom is -0.316 e. The van der Waals surface area contributed by atoms with Gasteiger partial charge >= 0.3 is 0 Å². The van der Waals surface area contributed by atoms with Gasteiger partial charge in [-0.25, -0.2) is 8.42 Å². The van der Waals surface area contributed by atoms with Gasteiger partial charge in [-0.2, -0.15) is 0 Å². The maximum atomic E-state index is 11.4. The highest BCUT2D eigenvalue weighted by Gasteiger charge is 2.58. The minimum absolute atomic E-state index is 0.183. The van der Waals surface area contributed by atoms with Crippen LogP contribution in [0.1, 0.15) is 26.7 Å². The summed E-state index contributed by atoms with van der Waals surface area (Å²) in [7, 11) is -2.69. The molecule has 2 aliphatic rings. The summed E-state index contributed by atoms with van der Waals surface area (Å²) in [5, 5.41) is 3.43. The third kappa shape index (κ3) is 2.53. The Hall–Kier alpha value is -0.0900. The van der Waals surface area contributed by atoms with Crippen molar-refractivity contribution in [3.8, 4) is 0 Å². The quantitative estimate of drug-likeness (QED) is 0.787. The lowest BCUT2D eigenvalue weighted by molar-refractivity contribution is 0.467. The van der Waals surface area contributed by atoms with E-state index in [1.54, 1.807) is 0 Å². The Morgan fingerprint density at radius 2 is 2.20 bits per heavy atom. The van der Waals surface area contributed by atoms with Crippen molar-refractivity contribution in [1.82, 2.24) is 5.32 Å². The van der Waals surface area contributed by atoms with Gasteiger partial charge in [0.15, 0.2) is 9.84 Å². The molecular weight excluding hydrogens is 210 g/mol. The van der Waals surface area contributed by atoms with Crippen LogP contribution < -0.4 is 5.32 Å². The molecule has 2 fully saturated rings. The second-order valence-corrected chi connectivity index (χ2v) is 7.84. The summed E-state index contributed by atoms with van der Waals surface area (Å²) in [6.07, 6.45) is 2.03. The summed E-state index contributed by atoms with van der Waals surface area (Å²) in [4.78, 5) is 0. The summed E-state index contributed by atoms with van der Waals surface area (Å²) in [6, 6.07) is 0. The van der Waals surface area contributed by atoms with E-state index < -0.39 is 9.84 Å². The standard InChI is InChI=1S/C11H21NO2S/c1-9(2)6-12-7-10-5-11(10)3-4-15(13,14)8-11/h9-10,12H,3-8H2,1-2H3. The fourth-order valence-corrected chi connectivity index (χ4v) is 4.93. The molecule has 0 aromatic rings. The SMILES string of the molecule is CC(C)CNCC1CC12CCS(=O)(=O)C2. The molecule has 0 aromatic carbocycles. The van der Waals surface area contributed by atoms with E-state index >= 15 is 0 Å². The predicted molar refractivity (Wildman–Crippen MR) is 61.5 cm³/mol. The van der Waals surface area contributed by atoms with E-state index in [9.17, 15) is 8.42 Å². The maximum absolute atomic E-state index is 11.4. The van der Waals surface area contributed by atoms with Crippen LogP contribution in [0.3, 0.4) is 0 Å². The summed E-state index contributed by atoms with van der Waals surface area (Å²) in [6.45, 7) is 6.43. The van der Waals surface area contributed by atoms with Crippen LogP contribution in [0.2, 0.25) is 0 Å². The molecule has 4 heteroatoms. The first-order chi connectivity index (χ1) is 6.94. The Kier molecular flexibility index (Phi) is 2.84. The van der Waals surface area contributed by atoms with Gasteiger partial charge in [-0.05, 0) is 43.2 Å². The molecule has 2 rings (SSSR count). The van der Waals surface area contributed by atoms with E-state index in [4.69, 9.17) is 0 Å². The highest BCUT2D eigenvalue weighted by atomic mass is 32.2. The first-order valence-corrected chi connectivity index (χ1v) is 7.67. The molecule has 15 heavy (non-hydrogen) atoms. The zero-order valence-corrected chi connectivity index (χ0v) is 10.4. The van der Waals surface area contributed by atoms with E-state index in [0.717, 1.165) is 25.9 Å². The van der Waals surface area contributed by atoms with Gasteiger partial charge in [0, 0.05) is 0 Å². The Morgan fingerprint density at radius 1 is 1.47 bits per heavy atom. The van der Waals surface area contributed by atoms with Gasteiger partial charge in [0.2, 0.25) is 0 Å². The summed E-state index contributed by atoms with van der Waals surface area (Å²) in [5.74, 6) is 2.17. The van der Waals surface area contributed by atoms with Crippen LogP contribution in [-0.2, 0) is 9.84 Å². The molecule has 1 heterocycles. The average molecular weight is 231 g/mol. The van der Waals surface area contributed by atoms with Crippen molar-refractivity contribution in [2.45, 2.75) is 26.7 Å². The Labute approximate surface area is 92.6 Å². The summed E-state index contributed by atoms with van der Waals surface area (Å²) in [5.41, 5.74) is 0.183. The summed E-state index contributed by atoms with van der Waals surface area (Å²) >= 11 is 0. The molecule has 0 aromatic heterocycles. The van der Waals surface area contributed by atoms with Crippen LogP contribution in [0.15, 0.2) is 0 Å². The van der Waals surface area contributed by atoms with Crippen LogP contribution in [0.4, 0.5) is 0 Å².